The van der Waals surface area contributed by atoms with Crippen molar-refractivity contribution < 1.29 is 4.39 Å². The van der Waals surface area contributed by atoms with Gasteiger partial charge in [-0.2, -0.15) is 0 Å². The van der Waals surface area contributed by atoms with E-state index in [0.717, 1.165) is 5.69 Å². The number of para-hydroxylation sites is 1. The predicted octanol–water partition coefficient (Wildman–Crippen LogP) is 4.66. The second-order valence-electron chi connectivity index (χ2n) is 3.99. The summed E-state index contributed by atoms with van der Waals surface area (Å²) >= 11 is 11.8. The van der Waals surface area contributed by atoms with Gasteiger partial charge in [0.25, 0.3) is 0 Å². The standard InChI is InChI=1S/C14H13Cl2FN2/c15-10-7-11(16)9-12(8-10)18-5-6-19-14-4-2-1-3-13(14)17/h1-4,7-9,18-19H,5-6H2. The van der Waals surface area contributed by atoms with Gasteiger partial charge in [0, 0.05) is 28.8 Å². The van der Waals surface area contributed by atoms with E-state index in [-0.39, 0.29) is 5.82 Å². The van der Waals surface area contributed by atoms with E-state index in [0.29, 0.717) is 28.8 Å². The Kier molecular flexibility index (Phi) is 4.88. The summed E-state index contributed by atoms with van der Waals surface area (Å²) in [4.78, 5) is 0. The van der Waals surface area contributed by atoms with Crippen LogP contribution in [0.4, 0.5) is 15.8 Å². The van der Waals surface area contributed by atoms with E-state index >= 15 is 0 Å². The summed E-state index contributed by atoms with van der Waals surface area (Å²) in [6, 6.07) is 11.8. The lowest BCUT2D eigenvalue weighted by Crippen LogP contribution is -2.14. The van der Waals surface area contributed by atoms with Gasteiger partial charge < -0.3 is 10.6 Å². The molecule has 2 rings (SSSR count). The van der Waals surface area contributed by atoms with Gasteiger partial charge in [0.05, 0.1) is 5.69 Å². The average molecular weight is 299 g/mol. The Balaban J connectivity index is 1.82. The molecule has 5 heteroatoms. The van der Waals surface area contributed by atoms with Crippen molar-refractivity contribution in [2.45, 2.75) is 0 Å². The topological polar surface area (TPSA) is 24.1 Å². The molecule has 2 aromatic carbocycles. The van der Waals surface area contributed by atoms with E-state index in [1.54, 1.807) is 36.4 Å². The van der Waals surface area contributed by atoms with Crippen LogP contribution >= 0.6 is 23.2 Å². The van der Waals surface area contributed by atoms with Crippen molar-refractivity contribution in [3.05, 3.63) is 58.3 Å². The highest BCUT2D eigenvalue weighted by Crippen LogP contribution is 2.22. The fourth-order valence-electron chi connectivity index (χ4n) is 1.66. The number of anilines is 2. The average Bonchev–Trinajstić information content (AvgIpc) is 2.35. The fraction of sp³-hybridized carbons (Fsp3) is 0.143. The molecule has 2 nitrogen and oxygen atoms in total. The van der Waals surface area contributed by atoms with Gasteiger partial charge in [-0.3, -0.25) is 0 Å². The van der Waals surface area contributed by atoms with E-state index in [4.69, 9.17) is 23.2 Å². The van der Waals surface area contributed by atoms with Crippen molar-refractivity contribution in [3.8, 4) is 0 Å². The molecule has 0 atom stereocenters. The zero-order valence-corrected chi connectivity index (χ0v) is 11.6. The van der Waals surface area contributed by atoms with Crippen LogP contribution in [-0.2, 0) is 0 Å². The molecule has 0 amide bonds. The molecule has 0 bridgehead atoms. The number of nitrogens with one attached hydrogen (secondary N) is 2. The molecule has 100 valence electrons. The first kappa shape index (κ1) is 14.0. The summed E-state index contributed by atoms with van der Waals surface area (Å²) in [5.41, 5.74) is 1.33. The second-order valence-corrected chi connectivity index (χ2v) is 4.86. The number of halogens is 3. The van der Waals surface area contributed by atoms with Crippen LogP contribution in [-0.4, -0.2) is 13.1 Å². The Morgan fingerprint density at radius 1 is 0.895 bits per heavy atom. The molecule has 0 saturated heterocycles. The van der Waals surface area contributed by atoms with Gasteiger partial charge in [-0.1, -0.05) is 35.3 Å². The number of benzene rings is 2. The van der Waals surface area contributed by atoms with Gasteiger partial charge in [-0.15, -0.1) is 0 Å². The minimum absolute atomic E-state index is 0.256. The molecule has 0 heterocycles. The highest BCUT2D eigenvalue weighted by atomic mass is 35.5. The normalized spacial score (nSPS) is 10.3. The Morgan fingerprint density at radius 2 is 1.53 bits per heavy atom. The molecule has 2 N–H and O–H groups in total. The van der Waals surface area contributed by atoms with Gasteiger partial charge in [0.2, 0.25) is 0 Å². The largest absolute Gasteiger partial charge is 0.383 e. The quantitative estimate of drug-likeness (QED) is 0.785. The van der Waals surface area contributed by atoms with E-state index in [2.05, 4.69) is 10.6 Å². The molecule has 0 radical (unpaired) electrons. The highest BCUT2D eigenvalue weighted by molar-refractivity contribution is 6.35. The monoisotopic (exact) mass is 298 g/mol. The van der Waals surface area contributed by atoms with Gasteiger partial charge in [-0.25, -0.2) is 4.39 Å². The molecular weight excluding hydrogens is 286 g/mol. The lowest BCUT2D eigenvalue weighted by atomic mass is 10.3. The molecule has 0 aromatic heterocycles. The van der Waals surface area contributed by atoms with E-state index in [9.17, 15) is 4.39 Å². The highest BCUT2D eigenvalue weighted by Gasteiger charge is 2.00. The molecule has 0 aliphatic rings. The van der Waals surface area contributed by atoms with E-state index < -0.39 is 0 Å². The third-order valence-electron chi connectivity index (χ3n) is 2.51. The Bertz CT molecular complexity index is 541. The molecule has 0 unspecified atom stereocenters. The van der Waals surface area contributed by atoms with Gasteiger partial charge in [0.15, 0.2) is 0 Å². The van der Waals surface area contributed by atoms with Crippen molar-refractivity contribution in [3.63, 3.8) is 0 Å². The van der Waals surface area contributed by atoms with E-state index in [1.807, 2.05) is 0 Å². The van der Waals surface area contributed by atoms with Crippen LogP contribution in [0.2, 0.25) is 10.0 Å². The SMILES string of the molecule is Fc1ccccc1NCCNc1cc(Cl)cc(Cl)c1. The van der Waals surface area contributed by atoms with Crippen molar-refractivity contribution in [1.82, 2.24) is 0 Å². The van der Waals surface area contributed by atoms with Gasteiger partial charge in [-0.05, 0) is 30.3 Å². The summed E-state index contributed by atoms with van der Waals surface area (Å²) < 4.78 is 13.3. The van der Waals surface area contributed by atoms with Crippen LogP contribution in [0.25, 0.3) is 0 Å². The zero-order chi connectivity index (χ0) is 13.7. The summed E-state index contributed by atoms with van der Waals surface area (Å²) in [5.74, 6) is -0.256. The third kappa shape index (κ3) is 4.30. The van der Waals surface area contributed by atoms with Crippen LogP contribution in [0.3, 0.4) is 0 Å². The summed E-state index contributed by atoms with van der Waals surface area (Å²) in [7, 11) is 0. The maximum Gasteiger partial charge on any atom is 0.146 e. The first-order valence-electron chi connectivity index (χ1n) is 5.83. The molecule has 0 spiro atoms. The summed E-state index contributed by atoms with van der Waals surface area (Å²) in [6.07, 6.45) is 0. The van der Waals surface area contributed by atoms with Gasteiger partial charge >= 0.3 is 0 Å². The Labute approximate surface area is 121 Å². The van der Waals surface area contributed by atoms with Crippen molar-refractivity contribution in [2.75, 3.05) is 23.7 Å². The van der Waals surface area contributed by atoms with Crippen molar-refractivity contribution in [1.29, 1.82) is 0 Å². The molecule has 2 aromatic rings. The van der Waals surface area contributed by atoms with Crippen molar-refractivity contribution in [2.24, 2.45) is 0 Å². The van der Waals surface area contributed by atoms with Gasteiger partial charge in [0.1, 0.15) is 5.82 Å². The lowest BCUT2D eigenvalue weighted by Gasteiger charge is -2.10. The Morgan fingerprint density at radius 3 is 2.21 bits per heavy atom. The van der Waals surface area contributed by atoms with Crippen LogP contribution in [0.15, 0.2) is 42.5 Å². The molecule has 0 saturated carbocycles. The van der Waals surface area contributed by atoms with Crippen molar-refractivity contribution >= 4 is 34.6 Å². The zero-order valence-electron chi connectivity index (χ0n) is 10.1. The Hall–Kier alpha value is -1.45. The molecular formula is C14H13Cl2FN2. The minimum atomic E-state index is -0.256. The first-order valence-corrected chi connectivity index (χ1v) is 6.59. The predicted molar refractivity (Wildman–Crippen MR) is 79.8 cm³/mol. The number of hydrogen-bond donors (Lipinski definition) is 2. The lowest BCUT2D eigenvalue weighted by molar-refractivity contribution is 0.630. The minimum Gasteiger partial charge on any atom is -0.383 e. The van der Waals surface area contributed by atoms with Crippen LogP contribution < -0.4 is 10.6 Å². The third-order valence-corrected chi connectivity index (χ3v) is 2.94. The maximum absolute atomic E-state index is 13.3. The molecule has 0 aliphatic carbocycles. The summed E-state index contributed by atoms with van der Waals surface area (Å²) in [6.45, 7) is 1.22. The molecule has 0 aliphatic heterocycles. The second kappa shape index (κ2) is 6.64. The fourth-order valence-corrected chi connectivity index (χ4v) is 2.19. The number of hydrogen-bond acceptors (Lipinski definition) is 2. The van der Waals surface area contributed by atoms with Crippen LogP contribution in [0, 0.1) is 5.82 Å². The first-order chi connectivity index (χ1) is 9.15. The van der Waals surface area contributed by atoms with Crippen LogP contribution in [0.1, 0.15) is 0 Å². The molecule has 19 heavy (non-hydrogen) atoms. The number of rotatable bonds is 5. The summed E-state index contributed by atoms with van der Waals surface area (Å²) in [5, 5.41) is 7.33. The van der Waals surface area contributed by atoms with Crippen LogP contribution in [0.5, 0.6) is 0 Å². The maximum atomic E-state index is 13.3. The molecule has 0 fully saturated rings. The van der Waals surface area contributed by atoms with E-state index in [1.165, 1.54) is 6.07 Å². The smallest absolute Gasteiger partial charge is 0.146 e.